The predicted molar refractivity (Wildman–Crippen MR) is 85.5 cm³/mol. The maximum Gasteiger partial charge on any atom is 0.332 e. The highest BCUT2D eigenvalue weighted by Gasteiger charge is 2.28. The molecule has 0 aromatic heterocycles. The van der Waals surface area contributed by atoms with Gasteiger partial charge in [0.05, 0.1) is 24.2 Å². The Hall–Kier alpha value is -2.15. The predicted octanol–water partition coefficient (Wildman–Crippen LogP) is 2.53. The van der Waals surface area contributed by atoms with Crippen molar-refractivity contribution < 1.29 is 19.2 Å². The molecule has 126 valence electrons. The van der Waals surface area contributed by atoms with Crippen molar-refractivity contribution in [3.63, 3.8) is 0 Å². The minimum Gasteiger partial charge on any atom is -0.464 e. The molecule has 7 nitrogen and oxygen atoms in total. The average Bonchev–Trinajstić information content (AvgIpc) is 2.55. The smallest absolute Gasteiger partial charge is 0.332 e. The lowest BCUT2D eigenvalue weighted by Gasteiger charge is -2.36. The number of carbonyl (C=O) groups is 1. The van der Waals surface area contributed by atoms with Crippen molar-refractivity contribution in [2.24, 2.45) is 0 Å². The minimum absolute atomic E-state index is 0.0271. The van der Waals surface area contributed by atoms with Crippen molar-refractivity contribution in [2.75, 3.05) is 31.3 Å². The first-order valence-corrected chi connectivity index (χ1v) is 7.87. The molecule has 0 N–H and O–H groups in total. The fourth-order valence-corrected chi connectivity index (χ4v) is 2.83. The van der Waals surface area contributed by atoms with Crippen LogP contribution < -0.4 is 4.90 Å². The van der Waals surface area contributed by atoms with Crippen LogP contribution in [0.4, 0.5) is 11.4 Å². The van der Waals surface area contributed by atoms with Gasteiger partial charge < -0.3 is 14.4 Å². The van der Waals surface area contributed by atoms with Gasteiger partial charge >= 0.3 is 5.97 Å². The summed E-state index contributed by atoms with van der Waals surface area (Å²) >= 11 is 0. The summed E-state index contributed by atoms with van der Waals surface area (Å²) in [4.78, 5) is 24.2. The maximum absolute atomic E-state index is 11.3. The van der Waals surface area contributed by atoms with Crippen molar-refractivity contribution in [1.29, 1.82) is 0 Å². The van der Waals surface area contributed by atoms with Crippen LogP contribution in [-0.2, 0) is 14.3 Å². The van der Waals surface area contributed by atoms with Gasteiger partial charge in [0.15, 0.2) is 0 Å². The number of benzene rings is 1. The maximum atomic E-state index is 11.3. The van der Waals surface area contributed by atoms with Crippen LogP contribution in [0.25, 0.3) is 0 Å². The van der Waals surface area contributed by atoms with Gasteiger partial charge in [0.2, 0.25) is 0 Å². The van der Waals surface area contributed by atoms with E-state index in [0.29, 0.717) is 18.9 Å². The van der Waals surface area contributed by atoms with Crippen LogP contribution in [0.5, 0.6) is 0 Å². The number of anilines is 1. The van der Waals surface area contributed by atoms with Crippen molar-refractivity contribution in [1.82, 2.24) is 0 Å². The zero-order valence-electron chi connectivity index (χ0n) is 13.3. The summed E-state index contributed by atoms with van der Waals surface area (Å²) < 4.78 is 10.3. The molecule has 1 aromatic carbocycles. The van der Waals surface area contributed by atoms with E-state index in [1.165, 1.54) is 6.07 Å². The first kappa shape index (κ1) is 17.2. The molecule has 0 aliphatic carbocycles. The zero-order valence-corrected chi connectivity index (χ0v) is 13.3. The van der Waals surface area contributed by atoms with Crippen LogP contribution in [0.3, 0.4) is 0 Å². The second-order valence-electron chi connectivity index (χ2n) is 5.41. The van der Waals surface area contributed by atoms with Crippen LogP contribution >= 0.6 is 0 Å². The van der Waals surface area contributed by atoms with Crippen molar-refractivity contribution in [3.05, 3.63) is 34.4 Å². The number of ether oxygens (including phenoxy) is 2. The molecule has 0 radical (unpaired) electrons. The standard InChI is InChI=1S/C16H22N2O5/c1-2-23-16(19)12-22-11-13-7-5-6-10-17(13)14-8-3-4-9-15(14)18(20)21/h3-4,8-9,13H,2,5-7,10-12H2,1H3. The number of rotatable bonds is 7. The highest BCUT2D eigenvalue weighted by atomic mass is 16.6. The van der Waals surface area contributed by atoms with Crippen LogP contribution in [0, 0.1) is 10.1 Å². The Kier molecular flexibility index (Phi) is 6.34. The quantitative estimate of drug-likeness (QED) is 0.436. The molecule has 7 heteroatoms. The third-order valence-electron chi connectivity index (χ3n) is 3.85. The third kappa shape index (κ3) is 4.66. The topological polar surface area (TPSA) is 81.9 Å². The van der Waals surface area contributed by atoms with Crippen LogP contribution in [0.15, 0.2) is 24.3 Å². The van der Waals surface area contributed by atoms with E-state index in [2.05, 4.69) is 0 Å². The first-order valence-electron chi connectivity index (χ1n) is 7.87. The molecule has 0 saturated carbocycles. The second-order valence-corrected chi connectivity index (χ2v) is 5.41. The van der Waals surface area contributed by atoms with Gasteiger partial charge in [-0.25, -0.2) is 4.79 Å². The molecule has 2 rings (SSSR count). The van der Waals surface area contributed by atoms with Gasteiger partial charge in [-0.05, 0) is 32.3 Å². The SMILES string of the molecule is CCOC(=O)COCC1CCCCN1c1ccccc1[N+](=O)[O-]. The van der Waals surface area contributed by atoms with E-state index < -0.39 is 0 Å². The number of para-hydroxylation sites is 2. The first-order chi connectivity index (χ1) is 11.1. The van der Waals surface area contributed by atoms with Crippen LogP contribution in [0.2, 0.25) is 0 Å². The summed E-state index contributed by atoms with van der Waals surface area (Å²) in [6.07, 6.45) is 2.92. The number of nitrogens with zero attached hydrogens (tertiary/aromatic N) is 2. The Morgan fingerprint density at radius 2 is 2.17 bits per heavy atom. The van der Waals surface area contributed by atoms with Crippen molar-refractivity contribution in [3.8, 4) is 0 Å². The molecule has 0 spiro atoms. The Bertz CT molecular complexity index is 549. The second kappa shape index (κ2) is 8.47. The Morgan fingerprint density at radius 3 is 2.91 bits per heavy atom. The third-order valence-corrected chi connectivity index (χ3v) is 3.85. The van der Waals surface area contributed by atoms with Gasteiger partial charge in [0, 0.05) is 12.6 Å². The van der Waals surface area contributed by atoms with E-state index >= 15 is 0 Å². The fraction of sp³-hybridized carbons (Fsp3) is 0.562. The summed E-state index contributed by atoms with van der Waals surface area (Å²) in [5.74, 6) is -0.388. The van der Waals surface area contributed by atoms with Crippen molar-refractivity contribution >= 4 is 17.3 Å². The van der Waals surface area contributed by atoms with Gasteiger partial charge in [-0.15, -0.1) is 0 Å². The Balaban J connectivity index is 2.04. The van der Waals surface area contributed by atoms with Gasteiger partial charge in [-0.3, -0.25) is 10.1 Å². The van der Waals surface area contributed by atoms with E-state index in [1.807, 2.05) is 4.90 Å². The molecule has 1 atom stereocenters. The lowest BCUT2D eigenvalue weighted by molar-refractivity contribution is -0.384. The van der Waals surface area contributed by atoms with Gasteiger partial charge in [0.25, 0.3) is 5.69 Å². The highest BCUT2D eigenvalue weighted by Crippen LogP contribution is 2.32. The molecular weight excluding hydrogens is 300 g/mol. The van der Waals surface area contributed by atoms with E-state index in [0.717, 1.165) is 25.8 Å². The molecule has 0 bridgehead atoms. The van der Waals surface area contributed by atoms with Gasteiger partial charge in [-0.2, -0.15) is 0 Å². The van der Waals surface area contributed by atoms with E-state index in [-0.39, 0.29) is 29.2 Å². The number of nitro groups is 1. The molecule has 23 heavy (non-hydrogen) atoms. The number of carbonyl (C=O) groups excluding carboxylic acids is 1. The number of hydrogen-bond acceptors (Lipinski definition) is 6. The van der Waals surface area contributed by atoms with Crippen LogP contribution in [-0.4, -0.2) is 43.3 Å². The average molecular weight is 322 g/mol. The molecule has 1 aliphatic rings. The lowest BCUT2D eigenvalue weighted by atomic mass is 10.0. The van der Waals surface area contributed by atoms with Crippen molar-refractivity contribution in [2.45, 2.75) is 32.2 Å². The minimum atomic E-state index is -0.388. The summed E-state index contributed by atoms with van der Waals surface area (Å²) in [7, 11) is 0. The summed E-state index contributed by atoms with van der Waals surface area (Å²) in [5.41, 5.74) is 0.715. The molecule has 0 amide bonds. The normalized spacial score (nSPS) is 17.8. The molecule has 1 fully saturated rings. The number of nitro benzene ring substituents is 1. The number of esters is 1. The monoisotopic (exact) mass is 322 g/mol. The largest absolute Gasteiger partial charge is 0.464 e. The van der Waals surface area contributed by atoms with E-state index in [9.17, 15) is 14.9 Å². The molecule has 1 unspecified atom stereocenters. The zero-order chi connectivity index (χ0) is 16.7. The molecule has 1 aromatic rings. The molecule has 1 heterocycles. The van der Waals surface area contributed by atoms with Crippen LogP contribution in [0.1, 0.15) is 26.2 Å². The lowest BCUT2D eigenvalue weighted by Crippen LogP contribution is -2.43. The van der Waals surface area contributed by atoms with Gasteiger partial charge in [0.1, 0.15) is 12.3 Å². The highest BCUT2D eigenvalue weighted by molar-refractivity contribution is 5.70. The number of piperidine rings is 1. The fourth-order valence-electron chi connectivity index (χ4n) is 2.83. The van der Waals surface area contributed by atoms with Gasteiger partial charge in [-0.1, -0.05) is 12.1 Å². The number of hydrogen-bond donors (Lipinski definition) is 0. The summed E-state index contributed by atoms with van der Waals surface area (Å²) in [6, 6.07) is 6.77. The Labute approximate surface area is 135 Å². The molecular formula is C16H22N2O5. The van der Waals surface area contributed by atoms with E-state index in [1.54, 1.807) is 25.1 Å². The molecule has 1 saturated heterocycles. The molecule has 1 aliphatic heterocycles. The van der Waals surface area contributed by atoms with E-state index in [4.69, 9.17) is 9.47 Å². The summed E-state index contributed by atoms with van der Waals surface area (Å²) in [6.45, 7) is 3.08. The Morgan fingerprint density at radius 1 is 1.39 bits per heavy atom. The summed E-state index contributed by atoms with van der Waals surface area (Å²) in [5, 5.41) is 11.2.